The number of carboxylic acid groups (broad SMARTS) is 1. The van der Waals surface area contributed by atoms with Gasteiger partial charge in [-0.25, -0.2) is 13.6 Å². The minimum Gasteiger partial charge on any atom is -0.478 e. The summed E-state index contributed by atoms with van der Waals surface area (Å²) in [6, 6.07) is 6.66. The summed E-state index contributed by atoms with van der Waals surface area (Å²) in [5, 5.41) is 10.8. The lowest BCUT2D eigenvalue weighted by molar-refractivity contribution is -0.130. The van der Waals surface area contributed by atoms with Gasteiger partial charge in [0.2, 0.25) is 0 Å². The summed E-state index contributed by atoms with van der Waals surface area (Å²) >= 11 is 1.20. The Morgan fingerprint density at radius 1 is 1.17 bits per heavy atom. The van der Waals surface area contributed by atoms with Gasteiger partial charge in [-0.05, 0) is 29.7 Å². The van der Waals surface area contributed by atoms with Gasteiger partial charge >= 0.3 is 5.97 Å². The predicted molar refractivity (Wildman–Crippen MR) is 66.2 cm³/mol. The second-order valence-electron chi connectivity index (χ2n) is 3.48. The van der Waals surface area contributed by atoms with Crippen LogP contribution in [0.5, 0.6) is 0 Å². The van der Waals surface area contributed by atoms with E-state index in [1.54, 1.807) is 17.5 Å². The molecule has 0 aliphatic carbocycles. The molecule has 2 rings (SSSR count). The molecule has 92 valence electrons. The molecule has 0 saturated heterocycles. The minimum atomic E-state index is -1.22. The Balaban J connectivity index is 2.56. The lowest BCUT2D eigenvalue weighted by Gasteiger charge is -2.02. The van der Waals surface area contributed by atoms with Crippen molar-refractivity contribution in [1.29, 1.82) is 0 Å². The molecule has 18 heavy (non-hydrogen) atoms. The van der Waals surface area contributed by atoms with Gasteiger partial charge in [-0.2, -0.15) is 0 Å². The molecule has 2 nitrogen and oxygen atoms in total. The highest BCUT2D eigenvalue weighted by Gasteiger charge is 2.14. The molecule has 0 bridgehead atoms. The molecule has 0 aliphatic heterocycles. The van der Waals surface area contributed by atoms with E-state index in [-0.39, 0.29) is 11.1 Å². The third-order valence-corrected chi connectivity index (χ3v) is 3.21. The number of rotatable bonds is 3. The summed E-state index contributed by atoms with van der Waals surface area (Å²) in [6.45, 7) is 0. The second-order valence-corrected chi connectivity index (χ2v) is 4.42. The second kappa shape index (κ2) is 5.10. The van der Waals surface area contributed by atoms with E-state index in [1.807, 2.05) is 0 Å². The number of benzene rings is 1. The Hall–Kier alpha value is -2.01. The number of thiophene rings is 1. The third-order valence-electron chi connectivity index (χ3n) is 2.31. The van der Waals surface area contributed by atoms with E-state index in [1.165, 1.54) is 17.4 Å². The van der Waals surface area contributed by atoms with Crippen molar-refractivity contribution in [2.75, 3.05) is 0 Å². The van der Waals surface area contributed by atoms with Gasteiger partial charge in [0.15, 0.2) is 0 Å². The van der Waals surface area contributed by atoms with Gasteiger partial charge in [-0.1, -0.05) is 12.1 Å². The van der Waals surface area contributed by atoms with E-state index >= 15 is 0 Å². The van der Waals surface area contributed by atoms with E-state index in [0.29, 0.717) is 4.88 Å². The van der Waals surface area contributed by atoms with Crippen molar-refractivity contribution in [3.63, 3.8) is 0 Å². The standard InChI is InChI=1S/C13H8F2O2S/c14-10-3-1-4-11(15)8(10)7-9(13(16)17)12-5-2-6-18-12/h1-7H,(H,16,17)/b9-7-. The van der Waals surface area contributed by atoms with Gasteiger partial charge in [-0.15, -0.1) is 11.3 Å². The fourth-order valence-electron chi connectivity index (χ4n) is 1.46. The van der Waals surface area contributed by atoms with Crippen LogP contribution in [-0.2, 0) is 4.79 Å². The number of hydrogen-bond donors (Lipinski definition) is 1. The summed E-state index contributed by atoms with van der Waals surface area (Å²) in [7, 11) is 0. The Morgan fingerprint density at radius 3 is 2.33 bits per heavy atom. The number of halogens is 2. The summed E-state index contributed by atoms with van der Waals surface area (Å²) < 4.78 is 26.9. The third kappa shape index (κ3) is 2.46. The molecule has 0 atom stereocenters. The van der Waals surface area contributed by atoms with Gasteiger partial charge in [0, 0.05) is 10.4 Å². The molecule has 0 unspecified atom stereocenters. The topological polar surface area (TPSA) is 37.3 Å². The smallest absolute Gasteiger partial charge is 0.337 e. The molecular weight excluding hydrogens is 258 g/mol. The fraction of sp³-hybridized carbons (Fsp3) is 0. The van der Waals surface area contributed by atoms with Crippen molar-refractivity contribution < 1.29 is 18.7 Å². The zero-order valence-corrected chi connectivity index (χ0v) is 9.88. The van der Waals surface area contributed by atoms with Crippen molar-refractivity contribution in [2.45, 2.75) is 0 Å². The van der Waals surface area contributed by atoms with Crippen LogP contribution >= 0.6 is 11.3 Å². The fourth-order valence-corrected chi connectivity index (χ4v) is 2.20. The molecule has 0 aliphatic rings. The molecular formula is C13H8F2O2S. The summed E-state index contributed by atoms with van der Waals surface area (Å²) in [6.07, 6.45) is 1.01. The molecule has 1 aromatic heterocycles. The van der Waals surface area contributed by atoms with Crippen LogP contribution in [0.2, 0.25) is 0 Å². The molecule has 1 heterocycles. The average Bonchev–Trinajstić information content (AvgIpc) is 2.81. The van der Waals surface area contributed by atoms with Gasteiger partial charge < -0.3 is 5.11 Å². The van der Waals surface area contributed by atoms with Crippen molar-refractivity contribution in [1.82, 2.24) is 0 Å². The SMILES string of the molecule is O=C(O)/C(=C\c1c(F)cccc1F)c1cccs1. The highest BCUT2D eigenvalue weighted by molar-refractivity contribution is 7.11. The van der Waals surface area contributed by atoms with Crippen LogP contribution in [0.3, 0.4) is 0 Å². The van der Waals surface area contributed by atoms with Crippen LogP contribution in [-0.4, -0.2) is 11.1 Å². The van der Waals surface area contributed by atoms with Crippen LogP contribution in [0.15, 0.2) is 35.7 Å². The Kier molecular flexibility index (Phi) is 3.53. The maximum absolute atomic E-state index is 13.4. The highest BCUT2D eigenvalue weighted by Crippen LogP contribution is 2.25. The van der Waals surface area contributed by atoms with E-state index in [4.69, 9.17) is 5.11 Å². The van der Waals surface area contributed by atoms with Crippen LogP contribution < -0.4 is 0 Å². The molecule has 0 amide bonds. The van der Waals surface area contributed by atoms with Gasteiger partial charge in [0.05, 0.1) is 5.57 Å². The first kappa shape index (κ1) is 12.4. The first-order valence-electron chi connectivity index (χ1n) is 5.02. The Bertz CT molecular complexity index is 583. The first-order chi connectivity index (χ1) is 8.59. The van der Waals surface area contributed by atoms with E-state index in [0.717, 1.165) is 18.2 Å². The molecule has 1 aromatic carbocycles. The van der Waals surface area contributed by atoms with Crippen LogP contribution in [0.25, 0.3) is 11.6 Å². The molecule has 0 spiro atoms. The molecule has 0 saturated carbocycles. The largest absolute Gasteiger partial charge is 0.478 e. The van der Waals surface area contributed by atoms with Crippen molar-refractivity contribution >= 4 is 29.0 Å². The highest BCUT2D eigenvalue weighted by atomic mass is 32.1. The van der Waals surface area contributed by atoms with E-state index < -0.39 is 17.6 Å². The molecule has 5 heteroatoms. The van der Waals surface area contributed by atoms with E-state index in [9.17, 15) is 13.6 Å². The molecule has 2 aromatic rings. The summed E-state index contributed by atoms with van der Waals surface area (Å²) in [5.41, 5.74) is -0.475. The molecule has 0 fully saturated rings. The number of aliphatic carboxylic acids is 1. The summed E-state index contributed by atoms with van der Waals surface area (Å²) in [4.78, 5) is 11.6. The Labute approximate surface area is 106 Å². The van der Waals surface area contributed by atoms with Crippen molar-refractivity contribution in [2.24, 2.45) is 0 Å². The van der Waals surface area contributed by atoms with Crippen molar-refractivity contribution in [3.8, 4) is 0 Å². The zero-order valence-electron chi connectivity index (χ0n) is 9.06. The monoisotopic (exact) mass is 266 g/mol. The minimum absolute atomic E-state index is 0.131. The molecule has 0 radical (unpaired) electrons. The number of carbonyl (C=O) groups is 1. The molecule has 1 N–H and O–H groups in total. The first-order valence-corrected chi connectivity index (χ1v) is 5.90. The van der Waals surface area contributed by atoms with Crippen LogP contribution in [0.4, 0.5) is 8.78 Å². The maximum atomic E-state index is 13.4. The summed E-state index contributed by atoms with van der Waals surface area (Å²) in [5.74, 6) is -2.80. The lowest BCUT2D eigenvalue weighted by atomic mass is 10.1. The lowest BCUT2D eigenvalue weighted by Crippen LogP contribution is -1.99. The number of carboxylic acids is 1. The predicted octanol–water partition coefficient (Wildman–Crippen LogP) is 3.65. The van der Waals surface area contributed by atoms with Gasteiger partial charge in [0.25, 0.3) is 0 Å². The maximum Gasteiger partial charge on any atom is 0.337 e. The zero-order chi connectivity index (χ0) is 13.1. The Morgan fingerprint density at radius 2 is 1.83 bits per heavy atom. The quantitative estimate of drug-likeness (QED) is 0.861. The van der Waals surface area contributed by atoms with Gasteiger partial charge in [0.1, 0.15) is 11.6 Å². The van der Waals surface area contributed by atoms with E-state index in [2.05, 4.69) is 0 Å². The van der Waals surface area contributed by atoms with Crippen molar-refractivity contribution in [3.05, 3.63) is 57.8 Å². The van der Waals surface area contributed by atoms with Crippen LogP contribution in [0.1, 0.15) is 10.4 Å². The number of hydrogen-bond acceptors (Lipinski definition) is 2. The van der Waals surface area contributed by atoms with Crippen LogP contribution in [0, 0.1) is 11.6 Å². The normalized spacial score (nSPS) is 11.6. The average molecular weight is 266 g/mol. The van der Waals surface area contributed by atoms with Gasteiger partial charge in [-0.3, -0.25) is 0 Å².